The zero-order chi connectivity index (χ0) is 23.6. The first-order valence-corrected chi connectivity index (χ1v) is 11.2. The fourth-order valence-corrected chi connectivity index (χ4v) is 3.86. The standard InChI is InChI=1S/C21H35N3O8/c1-14(25)28-13-16-17-18(32-21(3,4)31-17)19(29-15(2)26)20(30-16)27-12-10-8-6-5-7-9-11-23-24-22/h16-20H,5-13H2,1-4H3/t16-,17+,18+,19-,20-/m1/s1. The molecule has 2 aliphatic heterocycles. The van der Waals surface area contributed by atoms with E-state index in [1.54, 1.807) is 13.8 Å². The predicted molar refractivity (Wildman–Crippen MR) is 112 cm³/mol. The van der Waals surface area contributed by atoms with Gasteiger partial charge in [0.1, 0.15) is 24.9 Å². The van der Waals surface area contributed by atoms with E-state index in [0.29, 0.717) is 13.2 Å². The number of carbonyl (C=O) groups is 2. The van der Waals surface area contributed by atoms with Crippen molar-refractivity contribution in [3.63, 3.8) is 0 Å². The van der Waals surface area contributed by atoms with Gasteiger partial charge < -0.3 is 28.4 Å². The maximum Gasteiger partial charge on any atom is 0.303 e. The first kappa shape index (κ1) is 26.3. The Bertz CT molecular complexity index is 667. The van der Waals surface area contributed by atoms with Gasteiger partial charge in [0.05, 0.1) is 0 Å². The molecule has 11 heteroatoms. The van der Waals surface area contributed by atoms with Crippen LogP contribution in [0.3, 0.4) is 0 Å². The molecule has 0 amide bonds. The fraction of sp³-hybridized carbons (Fsp3) is 0.905. The highest BCUT2D eigenvalue weighted by molar-refractivity contribution is 5.66. The lowest BCUT2D eigenvalue weighted by atomic mass is 9.99. The van der Waals surface area contributed by atoms with Crippen LogP contribution < -0.4 is 0 Å². The smallest absolute Gasteiger partial charge is 0.303 e. The summed E-state index contributed by atoms with van der Waals surface area (Å²) in [4.78, 5) is 25.8. The molecule has 0 unspecified atom stereocenters. The Hall–Kier alpha value is -1.91. The van der Waals surface area contributed by atoms with E-state index in [4.69, 9.17) is 34.0 Å². The topological polar surface area (TPSA) is 138 Å². The molecule has 2 fully saturated rings. The number of hydrogen-bond acceptors (Lipinski definition) is 9. The van der Waals surface area contributed by atoms with Gasteiger partial charge >= 0.3 is 11.9 Å². The molecule has 5 atom stereocenters. The number of fused-ring (bicyclic) bond motifs is 1. The molecule has 0 aliphatic carbocycles. The van der Waals surface area contributed by atoms with Crippen LogP contribution in [0.1, 0.15) is 66.2 Å². The number of esters is 2. The molecule has 182 valence electrons. The van der Waals surface area contributed by atoms with Gasteiger partial charge in [-0.15, -0.1) is 0 Å². The van der Waals surface area contributed by atoms with E-state index in [9.17, 15) is 9.59 Å². The van der Waals surface area contributed by atoms with Gasteiger partial charge in [0, 0.05) is 31.9 Å². The molecular weight excluding hydrogens is 422 g/mol. The van der Waals surface area contributed by atoms with Gasteiger partial charge in [0.25, 0.3) is 0 Å². The quantitative estimate of drug-likeness (QED) is 0.135. The Morgan fingerprint density at radius 3 is 2.31 bits per heavy atom. The van der Waals surface area contributed by atoms with Crippen LogP contribution >= 0.6 is 0 Å². The van der Waals surface area contributed by atoms with Gasteiger partial charge in [-0.3, -0.25) is 9.59 Å². The molecule has 32 heavy (non-hydrogen) atoms. The highest BCUT2D eigenvalue weighted by Gasteiger charge is 2.57. The number of azide groups is 1. The van der Waals surface area contributed by atoms with Crippen molar-refractivity contribution in [1.29, 1.82) is 0 Å². The molecular formula is C21H35N3O8. The molecule has 0 bridgehead atoms. The van der Waals surface area contributed by atoms with E-state index in [1.165, 1.54) is 13.8 Å². The Morgan fingerprint density at radius 1 is 1.00 bits per heavy atom. The number of nitrogens with zero attached hydrogens (tertiary/aromatic N) is 3. The highest BCUT2D eigenvalue weighted by atomic mass is 16.8. The summed E-state index contributed by atoms with van der Waals surface area (Å²) in [7, 11) is 0. The molecule has 0 saturated carbocycles. The first-order valence-electron chi connectivity index (χ1n) is 11.2. The third kappa shape index (κ3) is 8.55. The molecule has 0 aromatic rings. The average molecular weight is 458 g/mol. The zero-order valence-corrected chi connectivity index (χ0v) is 19.4. The van der Waals surface area contributed by atoms with Gasteiger partial charge in [-0.2, -0.15) is 0 Å². The molecule has 0 spiro atoms. The van der Waals surface area contributed by atoms with Crippen molar-refractivity contribution in [2.24, 2.45) is 5.11 Å². The number of ether oxygens (including phenoxy) is 6. The molecule has 0 radical (unpaired) electrons. The minimum Gasteiger partial charge on any atom is -0.463 e. The summed E-state index contributed by atoms with van der Waals surface area (Å²) >= 11 is 0. The monoisotopic (exact) mass is 457 g/mol. The molecule has 2 rings (SSSR count). The summed E-state index contributed by atoms with van der Waals surface area (Å²) in [5, 5.41) is 3.52. The molecule has 11 nitrogen and oxygen atoms in total. The van der Waals surface area contributed by atoms with E-state index < -0.39 is 48.4 Å². The summed E-state index contributed by atoms with van der Waals surface area (Å²) in [6, 6.07) is 0. The Morgan fingerprint density at radius 2 is 1.66 bits per heavy atom. The summed E-state index contributed by atoms with van der Waals surface area (Å²) in [6.45, 7) is 7.11. The Balaban J connectivity index is 1.89. The van der Waals surface area contributed by atoms with Crippen LogP contribution in [-0.2, 0) is 38.0 Å². The summed E-state index contributed by atoms with van der Waals surface area (Å²) in [5.74, 6) is -1.81. The van der Waals surface area contributed by atoms with E-state index in [0.717, 1.165) is 38.5 Å². The number of rotatable bonds is 13. The molecule has 2 aliphatic rings. The Labute approximate surface area is 188 Å². The van der Waals surface area contributed by atoms with Crippen LogP contribution in [0.4, 0.5) is 0 Å². The lowest BCUT2D eigenvalue weighted by Crippen LogP contribution is -2.59. The van der Waals surface area contributed by atoms with E-state index in [2.05, 4.69) is 10.0 Å². The summed E-state index contributed by atoms with van der Waals surface area (Å²) in [5.41, 5.74) is 8.26. The van der Waals surface area contributed by atoms with Crippen LogP contribution in [0.25, 0.3) is 10.4 Å². The van der Waals surface area contributed by atoms with Crippen molar-refractivity contribution in [2.45, 2.75) is 103 Å². The van der Waals surface area contributed by atoms with Crippen molar-refractivity contribution >= 4 is 11.9 Å². The maximum absolute atomic E-state index is 11.7. The molecule has 2 saturated heterocycles. The SMILES string of the molecule is CC(=O)OC[C@H]1O[C@@H](OCCCCCCCCN=[N+]=[N-])[C@H](OC(C)=O)[C@H]2OC(C)(C)O[C@H]21. The van der Waals surface area contributed by atoms with Crippen molar-refractivity contribution < 1.29 is 38.0 Å². The minimum absolute atomic E-state index is 0.0154. The normalized spacial score (nSPS) is 28.4. The third-order valence-corrected chi connectivity index (χ3v) is 5.18. The highest BCUT2D eigenvalue weighted by Crippen LogP contribution is 2.39. The van der Waals surface area contributed by atoms with Crippen molar-refractivity contribution in [3.8, 4) is 0 Å². The van der Waals surface area contributed by atoms with Gasteiger partial charge in [0.15, 0.2) is 18.2 Å². The average Bonchev–Trinajstić information content (AvgIpc) is 3.04. The number of carbonyl (C=O) groups excluding carboxylic acids is 2. The largest absolute Gasteiger partial charge is 0.463 e. The summed E-state index contributed by atoms with van der Waals surface area (Å²) in [6.07, 6.45) is 2.36. The number of hydrogen-bond donors (Lipinski definition) is 0. The minimum atomic E-state index is -0.904. The lowest BCUT2D eigenvalue weighted by Gasteiger charge is -2.41. The molecule has 0 aromatic carbocycles. The van der Waals surface area contributed by atoms with Crippen LogP contribution in [-0.4, -0.2) is 68.2 Å². The van der Waals surface area contributed by atoms with Crippen LogP contribution in [0.5, 0.6) is 0 Å². The fourth-order valence-electron chi connectivity index (χ4n) is 3.86. The van der Waals surface area contributed by atoms with Crippen LogP contribution in [0, 0.1) is 0 Å². The van der Waals surface area contributed by atoms with E-state index >= 15 is 0 Å². The van der Waals surface area contributed by atoms with Crippen LogP contribution in [0.2, 0.25) is 0 Å². The Kier molecular flexibility index (Phi) is 10.7. The van der Waals surface area contributed by atoms with Gasteiger partial charge in [-0.25, -0.2) is 0 Å². The van der Waals surface area contributed by atoms with Crippen molar-refractivity contribution in [1.82, 2.24) is 0 Å². The van der Waals surface area contributed by atoms with Gasteiger partial charge in [-0.1, -0.05) is 30.8 Å². The third-order valence-electron chi connectivity index (χ3n) is 5.18. The van der Waals surface area contributed by atoms with Gasteiger partial charge in [-0.05, 0) is 32.2 Å². The van der Waals surface area contributed by atoms with Crippen molar-refractivity contribution in [3.05, 3.63) is 10.4 Å². The second-order valence-corrected chi connectivity index (χ2v) is 8.43. The summed E-state index contributed by atoms with van der Waals surface area (Å²) < 4.78 is 34.5. The zero-order valence-electron chi connectivity index (χ0n) is 19.4. The van der Waals surface area contributed by atoms with E-state index in [-0.39, 0.29) is 6.61 Å². The number of unbranched alkanes of at least 4 members (excludes halogenated alkanes) is 5. The second-order valence-electron chi connectivity index (χ2n) is 8.43. The first-order chi connectivity index (χ1) is 15.2. The second kappa shape index (κ2) is 13.0. The molecule has 2 heterocycles. The lowest BCUT2D eigenvalue weighted by molar-refractivity contribution is -0.286. The van der Waals surface area contributed by atoms with Gasteiger partial charge in [0.2, 0.25) is 0 Å². The maximum atomic E-state index is 11.7. The molecule has 0 aromatic heterocycles. The van der Waals surface area contributed by atoms with Crippen molar-refractivity contribution in [2.75, 3.05) is 19.8 Å². The predicted octanol–water partition coefficient (Wildman–Crippen LogP) is 3.39. The molecule has 0 N–H and O–H groups in total. The van der Waals surface area contributed by atoms with Crippen LogP contribution in [0.15, 0.2) is 5.11 Å². The van der Waals surface area contributed by atoms with E-state index in [1.807, 2.05) is 0 Å².